The van der Waals surface area contributed by atoms with E-state index in [1.54, 1.807) is 32.2 Å². The van der Waals surface area contributed by atoms with E-state index >= 15 is 0 Å². The third-order valence-corrected chi connectivity index (χ3v) is 2.66. The SMILES string of the molecule is C[C@@H](C#N)CN(C)C(=O)c1cc(Cl)cc(Cl)c1. The maximum Gasteiger partial charge on any atom is 0.253 e. The number of amides is 1. The highest BCUT2D eigenvalue weighted by Crippen LogP contribution is 2.20. The lowest BCUT2D eigenvalue weighted by Crippen LogP contribution is -2.30. The van der Waals surface area contributed by atoms with Crippen molar-refractivity contribution < 1.29 is 4.79 Å². The largest absolute Gasteiger partial charge is 0.340 e. The van der Waals surface area contributed by atoms with E-state index < -0.39 is 0 Å². The minimum Gasteiger partial charge on any atom is -0.340 e. The van der Waals surface area contributed by atoms with Gasteiger partial charge in [-0.3, -0.25) is 4.79 Å². The highest BCUT2D eigenvalue weighted by atomic mass is 35.5. The van der Waals surface area contributed by atoms with Crippen LogP contribution in [0.5, 0.6) is 0 Å². The minimum absolute atomic E-state index is 0.198. The first kappa shape index (κ1) is 13.8. The molecule has 5 heteroatoms. The van der Waals surface area contributed by atoms with Crippen molar-refractivity contribution in [2.75, 3.05) is 13.6 Å². The summed E-state index contributed by atoms with van der Waals surface area (Å²) in [6.07, 6.45) is 0. The van der Waals surface area contributed by atoms with Gasteiger partial charge in [-0.2, -0.15) is 5.26 Å². The number of nitrogens with zero attached hydrogens (tertiary/aromatic N) is 2. The molecule has 0 aliphatic rings. The number of carbonyl (C=O) groups is 1. The molecule has 3 nitrogen and oxygen atoms in total. The fourth-order valence-electron chi connectivity index (χ4n) is 1.43. The van der Waals surface area contributed by atoms with Gasteiger partial charge < -0.3 is 4.90 Å². The van der Waals surface area contributed by atoms with Crippen molar-refractivity contribution in [3.8, 4) is 6.07 Å². The summed E-state index contributed by atoms with van der Waals surface area (Å²) in [5.74, 6) is -0.407. The number of carbonyl (C=O) groups excluding carboxylic acids is 1. The molecule has 1 aromatic rings. The first-order valence-corrected chi connectivity index (χ1v) is 5.80. The van der Waals surface area contributed by atoms with Crippen LogP contribution in [0.2, 0.25) is 10.0 Å². The van der Waals surface area contributed by atoms with Crippen molar-refractivity contribution in [1.29, 1.82) is 5.26 Å². The van der Waals surface area contributed by atoms with Crippen LogP contribution in [0.4, 0.5) is 0 Å². The van der Waals surface area contributed by atoms with E-state index in [2.05, 4.69) is 6.07 Å². The zero-order valence-electron chi connectivity index (χ0n) is 9.58. The maximum absolute atomic E-state index is 12.0. The van der Waals surface area contributed by atoms with Crippen molar-refractivity contribution in [3.63, 3.8) is 0 Å². The summed E-state index contributed by atoms with van der Waals surface area (Å²) in [5, 5.41) is 9.53. The molecule has 0 aliphatic heterocycles. The van der Waals surface area contributed by atoms with Gasteiger partial charge in [0.1, 0.15) is 0 Å². The fraction of sp³-hybridized carbons (Fsp3) is 0.333. The number of rotatable bonds is 3. The highest BCUT2D eigenvalue weighted by Gasteiger charge is 2.15. The molecule has 0 heterocycles. The molecule has 1 atom stereocenters. The Morgan fingerprint density at radius 2 is 1.94 bits per heavy atom. The van der Waals surface area contributed by atoms with Crippen molar-refractivity contribution >= 4 is 29.1 Å². The Kier molecular flexibility index (Phi) is 4.80. The predicted octanol–water partition coefficient (Wildman–Crippen LogP) is 3.23. The molecule has 1 rings (SSSR count). The lowest BCUT2D eigenvalue weighted by Gasteiger charge is -2.18. The summed E-state index contributed by atoms with van der Waals surface area (Å²) >= 11 is 11.6. The molecule has 0 radical (unpaired) electrons. The van der Waals surface area contributed by atoms with Crippen LogP contribution >= 0.6 is 23.2 Å². The molecule has 0 aromatic heterocycles. The molecule has 1 aromatic carbocycles. The van der Waals surface area contributed by atoms with E-state index in [4.69, 9.17) is 28.5 Å². The van der Waals surface area contributed by atoms with E-state index in [1.165, 1.54) is 4.90 Å². The summed E-state index contributed by atoms with van der Waals surface area (Å²) in [5.41, 5.74) is 0.426. The molecule has 0 saturated carbocycles. The second-order valence-electron chi connectivity index (χ2n) is 3.87. The Labute approximate surface area is 111 Å². The normalized spacial score (nSPS) is 11.7. The van der Waals surface area contributed by atoms with Crippen molar-refractivity contribution in [3.05, 3.63) is 33.8 Å². The first-order chi connectivity index (χ1) is 7.93. The Bertz CT molecular complexity index is 448. The Hall–Kier alpha value is -1.24. The van der Waals surface area contributed by atoms with Crippen molar-refractivity contribution in [1.82, 2.24) is 4.90 Å². The van der Waals surface area contributed by atoms with Crippen LogP contribution < -0.4 is 0 Å². The monoisotopic (exact) mass is 270 g/mol. The zero-order valence-corrected chi connectivity index (χ0v) is 11.1. The Morgan fingerprint density at radius 3 is 2.41 bits per heavy atom. The van der Waals surface area contributed by atoms with Gasteiger partial charge in [0.25, 0.3) is 5.91 Å². The van der Waals surface area contributed by atoms with Gasteiger partial charge in [-0.1, -0.05) is 23.2 Å². The molecular formula is C12H12Cl2N2O. The second-order valence-corrected chi connectivity index (χ2v) is 4.75. The smallest absolute Gasteiger partial charge is 0.253 e. The van der Waals surface area contributed by atoms with Gasteiger partial charge >= 0.3 is 0 Å². The summed E-state index contributed by atoms with van der Waals surface area (Å²) in [7, 11) is 1.64. The average Bonchev–Trinajstić information content (AvgIpc) is 2.26. The Balaban J connectivity index is 2.86. The third kappa shape index (κ3) is 3.92. The van der Waals surface area contributed by atoms with Crippen LogP contribution in [0.3, 0.4) is 0 Å². The third-order valence-electron chi connectivity index (χ3n) is 2.22. The molecule has 17 heavy (non-hydrogen) atoms. The number of halogens is 2. The lowest BCUT2D eigenvalue weighted by atomic mass is 10.1. The predicted molar refractivity (Wildman–Crippen MR) is 68.2 cm³/mol. The average molecular weight is 271 g/mol. The zero-order chi connectivity index (χ0) is 13.0. The molecule has 1 amide bonds. The highest BCUT2D eigenvalue weighted by molar-refractivity contribution is 6.35. The minimum atomic E-state index is -0.210. The van der Waals surface area contributed by atoms with E-state index in [-0.39, 0.29) is 11.8 Å². The van der Waals surface area contributed by atoms with Crippen LogP contribution in [-0.4, -0.2) is 24.4 Å². The van der Waals surface area contributed by atoms with Crippen LogP contribution in [0, 0.1) is 17.2 Å². The molecule has 0 unspecified atom stereocenters. The summed E-state index contributed by atoms with van der Waals surface area (Å²) in [6.45, 7) is 2.13. The van der Waals surface area contributed by atoms with Crippen LogP contribution in [0.25, 0.3) is 0 Å². The first-order valence-electron chi connectivity index (χ1n) is 5.05. The topological polar surface area (TPSA) is 44.1 Å². The van der Waals surface area contributed by atoms with E-state index in [9.17, 15) is 4.79 Å². The fourth-order valence-corrected chi connectivity index (χ4v) is 1.96. The molecule has 0 fully saturated rings. The standard InChI is InChI=1S/C12H12Cl2N2O/c1-8(6-15)7-16(2)12(17)9-3-10(13)5-11(14)4-9/h3-5,8H,7H2,1-2H3/t8-/m0/s1. The van der Waals surface area contributed by atoms with Gasteiger partial charge in [-0.15, -0.1) is 0 Å². The molecule has 90 valence electrons. The molecule has 0 spiro atoms. The van der Waals surface area contributed by atoms with Gasteiger partial charge in [-0.05, 0) is 25.1 Å². The number of benzene rings is 1. The lowest BCUT2D eigenvalue weighted by molar-refractivity contribution is 0.0785. The van der Waals surface area contributed by atoms with E-state index in [0.717, 1.165) is 0 Å². The van der Waals surface area contributed by atoms with E-state index in [1.807, 2.05) is 0 Å². The summed E-state index contributed by atoms with van der Waals surface area (Å²) < 4.78 is 0. The van der Waals surface area contributed by atoms with Crippen molar-refractivity contribution in [2.45, 2.75) is 6.92 Å². The quantitative estimate of drug-likeness (QED) is 0.847. The molecule has 0 bridgehead atoms. The maximum atomic E-state index is 12.0. The number of hydrogen-bond donors (Lipinski definition) is 0. The number of hydrogen-bond acceptors (Lipinski definition) is 2. The van der Waals surface area contributed by atoms with Crippen LogP contribution in [0.15, 0.2) is 18.2 Å². The van der Waals surface area contributed by atoms with Gasteiger partial charge in [0, 0.05) is 29.2 Å². The molecule has 0 aliphatic carbocycles. The number of nitriles is 1. The molecular weight excluding hydrogens is 259 g/mol. The summed E-state index contributed by atoms with van der Waals surface area (Å²) in [4.78, 5) is 13.5. The van der Waals surface area contributed by atoms with Gasteiger partial charge in [0.05, 0.1) is 12.0 Å². The molecule has 0 N–H and O–H groups in total. The van der Waals surface area contributed by atoms with Crippen LogP contribution in [-0.2, 0) is 0 Å². The Morgan fingerprint density at radius 1 is 1.41 bits per heavy atom. The summed E-state index contributed by atoms with van der Waals surface area (Å²) in [6, 6.07) is 6.76. The molecule has 0 saturated heterocycles. The van der Waals surface area contributed by atoms with E-state index in [0.29, 0.717) is 22.2 Å². The van der Waals surface area contributed by atoms with Crippen molar-refractivity contribution in [2.24, 2.45) is 5.92 Å². The van der Waals surface area contributed by atoms with Crippen LogP contribution in [0.1, 0.15) is 17.3 Å². The second kappa shape index (κ2) is 5.90. The van der Waals surface area contributed by atoms with Gasteiger partial charge in [-0.25, -0.2) is 0 Å². The van der Waals surface area contributed by atoms with Gasteiger partial charge in [0.2, 0.25) is 0 Å². The van der Waals surface area contributed by atoms with Gasteiger partial charge in [0.15, 0.2) is 0 Å².